The van der Waals surface area contributed by atoms with Crippen molar-refractivity contribution < 1.29 is 14.7 Å². The van der Waals surface area contributed by atoms with Crippen LogP contribution in [0.1, 0.15) is 4.88 Å². The minimum atomic E-state index is -1.46. The smallest absolute Gasteiger partial charge is 0.376 e. The Kier molecular flexibility index (Phi) is 3.22. The number of hydrogen-bond acceptors (Lipinski definition) is 3. The third-order valence-corrected chi connectivity index (χ3v) is 2.40. The molecular formula is C8H5ClO3S. The normalized spacial score (nSPS) is 10.5. The van der Waals surface area contributed by atoms with Crippen molar-refractivity contribution in [1.82, 2.24) is 0 Å². The molecule has 3 nitrogen and oxygen atoms in total. The van der Waals surface area contributed by atoms with Gasteiger partial charge in [0.1, 0.15) is 0 Å². The summed E-state index contributed by atoms with van der Waals surface area (Å²) in [6.45, 7) is 0. The van der Waals surface area contributed by atoms with E-state index in [-0.39, 0.29) is 0 Å². The predicted octanol–water partition coefficient (Wildman–Crippen LogP) is 2.07. The molecule has 0 saturated heterocycles. The Morgan fingerprint density at radius 2 is 2.15 bits per heavy atom. The SMILES string of the molecule is O=C(O)C(=O)C=Cc1ccc(Cl)s1. The number of hydrogen-bond donors (Lipinski definition) is 1. The largest absolute Gasteiger partial charge is 0.475 e. The lowest BCUT2D eigenvalue weighted by Crippen LogP contribution is -2.07. The maximum Gasteiger partial charge on any atom is 0.376 e. The minimum absolute atomic E-state index is 0.599. The van der Waals surface area contributed by atoms with E-state index in [0.29, 0.717) is 4.34 Å². The van der Waals surface area contributed by atoms with Crippen molar-refractivity contribution in [2.24, 2.45) is 0 Å². The molecule has 0 aromatic carbocycles. The van der Waals surface area contributed by atoms with Crippen LogP contribution >= 0.6 is 22.9 Å². The maximum absolute atomic E-state index is 10.6. The molecule has 1 rings (SSSR count). The zero-order valence-electron chi connectivity index (χ0n) is 6.36. The highest BCUT2D eigenvalue weighted by molar-refractivity contribution is 7.17. The summed E-state index contributed by atoms with van der Waals surface area (Å²) in [5.74, 6) is -2.40. The molecule has 0 aliphatic rings. The van der Waals surface area contributed by atoms with Crippen molar-refractivity contribution in [1.29, 1.82) is 0 Å². The van der Waals surface area contributed by atoms with Crippen molar-refractivity contribution in [3.8, 4) is 0 Å². The second kappa shape index (κ2) is 4.20. The summed E-state index contributed by atoms with van der Waals surface area (Å²) in [4.78, 5) is 21.5. The Balaban J connectivity index is 2.69. The third kappa shape index (κ3) is 3.01. The Hall–Kier alpha value is -1.13. The first-order valence-corrected chi connectivity index (χ1v) is 4.49. The quantitative estimate of drug-likeness (QED) is 0.622. The van der Waals surface area contributed by atoms with Crippen LogP contribution in [0.3, 0.4) is 0 Å². The van der Waals surface area contributed by atoms with Gasteiger partial charge in [-0.05, 0) is 24.3 Å². The van der Waals surface area contributed by atoms with E-state index in [1.807, 2.05) is 0 Å². The lowest BCUT2D eigenvalue weighted by atomic mass is 10.3. The van der Waals surface area contributed by atoms with Crippen molar-refractivity contribution in [2.45, 2.75) is 0 Å². The zero-order valence-corrected chi connectivity index (χ0v) is 7.93. The molecule has 0 amide bonds. The molecule has 13 heavy (non-hydrogen) atoms. The molecule has 0 atom stereocenters. The fourth-order valence-corrected chi connectivity index (χ4v) is 1.61. The number of rotatable bonds is 3. The van der Waals surface area contributed by atoms with Gasteiger partial charge in [-0.3, -0.25) is 4.79 Å². The Morgan fingerprint density at radius 1 is 1.46 bits per heavy atom. The van der Waals surface area contributed by atoms with Gasteiger partial charge in [0.05, 0.1) is 4.34 Å². The molecule has 0 aliphatic carbocycles. The molecule has 1 aromatic rings. The summed E-state index contributed by atoms with van der Waals surface area (Å²) in [5, 5.41) is 8.24. The average Bonchev–Trinajstić information content (AvgIpc) is 2.47. The summed E-state index contributed by atoms with van der Waals surface area (Å²) in [6.07, 6.45) is 2.43. The van der Waals surface area contributed by atoms with Gasteiger partial charge in [0.15, 0.2) is 0 Å². The molecule has 0 bridgehead atoms. The number of carbonyl (C=O) groups excluding carboxylic acids is 1. The molecule has 0 radical (unpaired) electrons. The van der Waals surface area contributed by atoms with Gasteiger partial charge in [-0.1, -0.05) is 11.6 Å². The van der Waals surface area contributed by atoms with Crippen LogP contribution in [0.5, 0.6) is 0 Å². The third-order valence-electron chi connectivity index (χ3n) is 1.20. The number of carbonyl (C=O) groups is 2. The van der Waals surface area contributed by atoms with Crippen LogP contribution in [0.15, 0.2) is 18.2 Å². The van der Waals surface area contributed by atoms with E-state index in [1.54, 1.807) is 12.1 Å². The van der Waals surface area contributed by atoms with E-state index in [9.17, 15) is 9.59 Å². The summed E-state index contributed by atoms with van der Waals surface area (Å²) >= 11 is 6.90. The molecule has 0 saturated carbocycles. The Morgan fingerprint density at radius 3 is 2.62 bits per heavy atom. The number of carboxylic acid groups (broad SMARTS) is 1. The van der Waals surface area contributed by atoms with Gasteiger partial charge in [0.2, 0.25) is 0 Å². The zero-order chi connectivity index (χ0) is 9.84. The summed E-state index contributed by atoms with van der Waals surface area (Å²) in [7, 11) is 0. The molecule has 1 N–H and O–H groups in total. The highest BCUT2D eigenvalue weighted by Gasteiger charge is 2.05. The summed E-state index contributed by atoms with van der Waals surface area (Å²) in [5.41, 5.74) is 0. The summed E-state index contributed by atoms with van der Waals surface area (Å²) < 4.78 is 0.599. The van der Waals surface area contributed by atoms with Crippen LogP contribution in [0.4, 0.5) is 0 Å². The van der Waals surface area contributed by atoms with Crippen molar-refractivity contribution in [3.63, 3.8) is 0 Å². The van der Waals surface area contributed by atoms with E-state index in [2.05, 4.69) is 0 Å². The molecule has 1 aromatic heterocycles. The predicted molar refractivity (Wildman–Crippen MR) is 51.0 cm³/mol. The number of carboxylic acids is 1. The molecule has 0 unspecified atom stereocenters. The van der Waals surface area contributed by atoms with E-state index >= 15 is 0 Å². The molecule has 5 heteroatoms. The van der Waals surface area contributed by atoms with E-state index in [0.717, 1.165) is 11.0 Å². The second-order valence-corrected chi connectivity index (χ2v) is 3.89. The van der Waals surface area contributed by atoms with Gasteiger partial charge in [0, 0.05) is 4.88 Å². The van der Waals surface area contributed by atoms with E-state index in [4.69, 9.17) is 16.7 Å². The van der Waals surface area contributed by atoms with Gasteiger partial charge in [0.25, 0.3) is 5.78 Å². The minimum Gasteiger partial charge on any atom is -0.475 e. The van der Waals surface area contributed by atoms with Gasteiger partial charge in [-0.15, -0.1) is 11.3 Å². The first-order valence-electron chi connectivity index (χ1n) is 3.30. The average molecular weight is 217 g/mol. The Labute approximate surface area is 83.3 Å². The monoisotopic (exact) mass is 216 g/mol. The van der Waals surface area contributed by atoms with Crippen molar-refractivity contribution in [2.75, 3.05) is 0 Å². The lowest BCUT2D eigenvalue weighted by Gasteiger charge is -1.83. The fraction of sp³-hybridized carbons (Fsp3) is 0. The molecule has 0 aliphatic heterocycles. The van der Waals surface area contributed by atoms with Gasteiger partial charge < -0.3 is 5.11 Å². The highest BCUT2D eigenvalue weighted by Crippen LogP contribution is 2.22. The van der Waals surface area contributed by atoms with Crippen LogP contribution in [-0.2, 0) is 9.59 Å². The highest BCUT2D eigenvalue weighted by atomic mass is 35.5. The first kappa shape index (κ1) is 9.95. The first-order chi connectivity index (χ1) is 6.09. The second-order valence-electron chi connectivity index (χ2n) is 2.14. The van der Waals surface area contributed by atoms with E-state index in [1.165, 1.54) is 17.4 Å². The number of ketones is 1. The molecule has 68 valence electrons. The van der Waals surface area contributed by atoms with Crippen molar-refractivity contribution >= 4 is 40.8 Å². The maximum atomic E-state index is 10.6. The lowest BCUT2D eigenvalue weighted by molar-refractivity contribution is -0.146. The number of thiophene rings is 1. The topological polar surface area (TPSA) is 54.4 Å². The fourth-order valence-electron chi connectivity index (χ4n) is 0.647. The number of halogens is 1. The van der Waals surface area contributed by atoms with Gasteiger partial charge in [-0.2, -0.15) is 0 Å². The molecular weight excluding hydrogens is 212 g/mol. The standard InChI is InChI=1S/C8H5ClO3S/c9-7-4-2-5(13-7)1-3-6(10)8(11)12/h1-4H,(H,11,12). The molecule has 0 spiro atoms. The Bertz CT molecular complexity index is 367. The van der Waals surface area contributed by atoms with Crippen LogP contribution in [0, 0.1) is 0 Å². The van der Waals surface area contributed by atoms with E-state index < -0.39 is 11.8 Å². The van der Waals surface area contributed by atoms with Gasteiger partial charge >= 0.3 is 5.97 Å². The van der Waals surface area contributed by atoms with Crippen molar-refractivity contribution in [3.05, 3.63) is 27.4 Å². The van der Waals surface area contributed by atoms with Gasteiger partial charge in [-0.25, -0.2) is 4.79 Å². The molecule has 1 heterocycles. The summed E-state index contributed by atoms with van der Waals surface area (Å²) in [6, 6.07) is 3.38. The van der Waals surface area contributed by atoms with Crippen LogP contribution in [-0.4, -0.2) is 16.9 Å². The van der Waals surface area contributed by atoms with Crippen LogP contribution in [0.2, 0.25) is 4.34 Å². The molecule has 0 fully saturated rings. The van der Waals surface area contributed by atoms with Crippen LogP contribution < -0.4 is 0 Å². The number of aliphatic carboxylic acids is 1. The van der Waals surface area contributed by atoms with Crippen LogP contribution in [0.25, 0.3) is 6.08 Å².